The molecule has 0 aliphatic rings. The van der Waals surface area contributed by atoms with Crippen LogP contribution in [0.15, 0.2) is 48.8 Å². The lowest BCUT2D eigenvalue weighted by Gasteiger charge is -2.11. The first-order valence-corrected chi connectivity index (χ1v) is 8.64. The number of esters is 1. The fourth-order valence-corrected chi connectivity index (χ4v) is 2.36. The van der Waals surface area contributed by atoms with Gasteiger partial charge in [0.15, 0.2) is 11.6 Å². The summed E-state index contributed by atoms with van der Waals surface area (Å²) in [5.41, 5.74) is 2.63. The van der Waals surface area contributed by atoms with Crippen LogP contribution in [0, 0.1) is 18.6 Å². The van der Waals surface area contributed by atoms with Gasteiger partial charge in [0.2, 0.25) is 11.6 Å². The summed E-state index contributed by atoms with van der Waals surface area (Å²) in [6.07, 6.45) is 0.894. The molecule has 160 valence electrons. The van der Waals surface area contributed by atoms with E-state index in [1.54, 1.807) is 6.08 Å². The first kappa shape index (κ1) is 21.9. The number of ether oxygens (including phenoxy) is 2. The maximum Gasteiger partial charge on any atom is 0.573 e. The number of alkyl halides is 3. The van der Waals surface area contributed by atoms with Crippen LogP contribution in [0.1, 0.15) is 27.3 Å². The van der Waals surface area contributed by atoms with Gasteiger partial charge in [0.1, 0.15) is 5.75 Å². The molecule has 0 amide bonds. The van der Waals surface area contributed by atoms with Crippen molar-refractivity contribution in [3.8, 4) is 11.5 Å². The number of aryl methyl sites for hydroxylation is 1. The monoisotopic (exact) mass is 436 g/mol. The van der Waals surface area contributed by atoms with Gasteiger partial charge in [-0.25, -0.2) is 23.5 Å². The SMILES string of the molecule is Cc1ccc(/C=C/c2cnc(C(=O)Oc3cc(F)c(OC(F)(F)F)c(F)c3)nc2)cc1. The van der Waals surface area contributed by atoms with E-state index in [4.69, 9.17) is 4.74 Å². The number of hydrogen-bond donors (Lipinski definition) is 0. The van der Waals surface area contributed by atoms with Crippen molar-refractivity contribution in [1.29, 1.82) is 0 Å². The quantitative estimate of drug-likeness (QED) is 0.307. The van der Waals surface area contributed by atoms with E-state index in [-0.39, 0.29) is 0 Å². The van der Waals surface area contributed by atoms with Crippen molar-refractivity contribution in [2.24, 2.45) is 0 Å². The minimum absolute atomic E-state index is 0.376. The fourth-order valence-electron chi connectivity index (χ4n) is 2.36. The van der Waals surface area contributed by atoms with Gasteiger partial charge in [0, 0.05) is 30.1 Å². The number of nitrogens with zero attached hydrogens (tertiary/aromatic N) is 2. The maximum absolute atomic E-state index is 13.7. The summed E-state index contributed by atoms with van der Waals surface area (Å²) in [6.45, 7) is 1.96. The van der Waals surface area contributed by atoms with E-state index in [2.05, 4.69) is 14.7 Å². The number of halogens is 5. The molecule has 0 aliphatic carbocycles. The van der Waals surface area contributed by atoms with Crippen LogP contribution in [-0.2, 0) is 0 Å². The lowest BCUT2D eigenvalue weighted by Crippen LogP contribution is -2.19. The predicted molar refractivity (Wildman–Crippen MR) is 100 cm³/mol. The number of aromatic nitrogens is 2. The van der Waals surface area contributed by atoms with Crippen LogP contribution in [0.2, 0.25) is 0 Å². The molecule has 0 spiro atoms. The van der Waals surface area contributed by atoms with Crippen LogP contribution in [-0.4, -0.2) is 22.3 Å². The van der Waals surface area contributed by atoms with Crippen molar-refractivity contribution in [2.45, 2.75) is 13.3 Å². The second-order valence-electron chi connectivity index (χ2n) is 6.24. The van der Waals surface area contributed by atoms with Crippen LogP contribution < -0.4 is 9.47 Å². The van der Waals surface area contributed by atoms with Crippen molar-refractivity contribution >= 4 is 18.1 Å². The Labute approximate surface area is 172 Å². The zero-order valence-electron chi connectivity index (χ0n) is 15.8. The third-order valence-corrected chi connectivity index (χ3v) is 3.80. The summed E-state index contributed by atoms with van der Waals surface area (Å²) in [5, 5.41) is 0. The smallest absolute Gasteiger partial charge is 0.420 e. The summed E-state index contributed by atoms with van der Waals surface area (Å²) >= 11 is 0. The Morgan fingerprint density at radius 2 is 1.48 bits per heavy atom. The molecular weight excluding hydrogens is 423 g/mol. The average molecular weight is 436 g/mol. The van der Waals surface area contributed by atoms with Crippen molar-refractivity contribution in [3.05, 3.63) is 82.9 Å². The van der Waals surface area contributed by atoms with Gasteiger partial charge in [-0.1, -0.05) is 42.0 Å². The summed E-state index contributed by atoms with van der Waals surface area (Å²) < 4.78 is 71.9. The second kappa shape index (κ2) is 8.90. The van der Waals surface area contributed by atoms with Crippen molar-refractivity contribution < 1.29 is 36.2 Å². The molecule has 0 aliphatic heterocycles. The Balaban J connectivity index is 1.69. The maximum atomic E-state index is 13.7. The fraction of sp³-hybridized carbons (Fsp3) is 0.0952. The molecule has 5 nitrogen and oxygen atoms in total. The number of carbonyl (C=O) groups is 1. The third-order valence-electron chi connectivity index (χ3n) is 3.80. The van der Waals surface area contributed by atoms with Crippen LogP contribution in [0.25, 0.3) is 12.2 Å². The van der Waals surface area contributed by atoms with Gasteiger partial charge in [-0.05, 0) is 12.5 Å². The molecule has 0 atom stereocenters. The van der Waals surface area contributed by atoms with Gasteiger partial charge in [-0.3, -0.25) is 0 Å². The van der Waals surface area contributed by atoms with Crippen molar-refractivity contribution in [2.75, 3.05) is 0 Å². The standard InChI is InChI=1S/C21H13F5N2O3/c1-12-2-4-13(5-3-12)6-7-14-10-27-19(28-11-14)20(29)30-15-8-16(22)18(17(23)9-15)31-21(24,25)26/h2-11H,1H3/b7-6+. The first-order valence-electron chi connectivity index (χ1n) is 8.64. The highest BCUT2D eigenvalue weighted by Crippen LogP contribution is 2.31. The molecule has 0 bridgehead atoms. The average Bonchev–Trinajstić information content (AvgIpc) is 2.70. The zero-order valence-corrected chi connectivity index (χ0v) is 15.8. The van der Waals surface area contributed by atoms with E-state index in [0.29, 0.717) is 17.7 Å². The highest BCUT2D eigenvalue weighted by molar-refractivity contribution is 5.87. The third kappa shape index (κ3) is 6.08. The number of carbonyl (C=O) groups excluding carboxylic acids is 1. The highest BCUT2D eigenvalue weighted by atomic mass is 19.4. The normalized spacial score (nSPS) is 11.5. The molecule has 3 rings (SSSR count). The lowest BCUT2D eigenvalue weighted by atomic mass is 10.1. The molecule has 0 radical (unpaired) electrons. The molecule has 1 aromatic heterocycles. The number of rotatable bonds is 5. The van der Waals surface area contributed by atoms with Crippen molar-refractivity contribution in [1.82, 2.24) is 9.97 Å². The molecule has 0 N–H and O–H groups in total. The molecule has 10 heteroatoms. The molecule has 0 fully saturated rings. The summed E-state index contributed by atoms with van der Waals surface area (Å²) in [6, 6.07) is 8.48. The molecule has 3 aromatic rings. The predicted octanol–water partition coefficient (Wildman–Crippen LogP) is 5.35. The minimum atomic E-state index is -5.29. The zero-order chi connectivity index (χ0) is 22.6. The highest BCUT2D eigenvalue weighted by Gasteiger charge is 2.34. The molecule has 31 heavy (non-hydrogen) atoms. The second-order valence-corrected chi connectivity index (χ2v) is 6.24. The Hall–Kier alpha value is -3.82. The number of hydrogen-bond acceptors (Lipinski definition) is 5. The van der Waals surface area contributed by atoms with Gasteiger partial charge in [0.05, 0.1) is 0 Å². The summed E-state index contributed by atoms with van der Waals surface area (Å²) in [4.78, 5) is 19.7. The van der Waals surface area contributed by atoms with E-state index in [1.165, 1.54) is 12.4 Å². The van der Waals surface area contributed by atoms with Gasteiger partial charge in [-0.2, -0.15) is 0 Å². The Morgan fingerprint density at radius 3 is 2.03 bits per heavy atom. The lowest BCUT2D eigenvalue weighted by molar-refractivity contribution is -0.276. The van der Waals surface area contributed by atoms with Crippen LogP contribution >= 0.6 is 0 Å². The molecule has 0 saturated carbocycles. The first-order chi connectivity index (χ1) is 14.6. The Bertz CT molecular complexity index is 1090. The van der Waals surface area contributed by atoms with E-state index < -0.39 is 41.3 Å². The van der Waals surface area contributed by atoms with E-state index >= 15 is 0 Å². The largest absolute Gasteiger partial charge is 0.573 e. The molecule has 2 aromatic carbocycles. The number of benzene rings is 2. The molecular formula is C21H13F5N2O3. The molecule has 0 unspecified atom stereocenters. The van der Waals surface area contributed by atoms with Crippen LogP contribution in [0.3, 0.4) is 0 Å². The summed E-state index contributed by atoms with van der Waals surface area (Å²) in [7, 11) is 0. The molecule has 1 heterocycles. The van der Waals surface area contributed by atoms with Crippen molar-refractivity contribution in [3.63, 3.8) is 0 Å². The molecule has 0 saturated heterocycles. The van der Waals surface area contributed by atoms with Crippen LogP contribution in [0.4, 0.5) is 22.0 Å². The van der Waals surface area contributed by atoms with E-state index in [0.717, 1.165) is 11.1 Å². The van der Waals surface area contributed by atoms with Gasteiger partial charge in [-0.15, -0.1) is 13.2 Å². The Kier molecular flexibility index (Phi) is 6.28. The van der Waals surface area contributed by atoms with Gasteiger partial charge >= 0.3 is 12.3 Å². The Morgan fingerprint density at radius 1 is 0.935 bits per heavy atom. The summed E-state index contributed by atoms with van der Waals surface area (Å²) in [5.74, 6) is -7.30. The topological polar surface area (TPSA) is 61.3 Å². The van der Waals surface area contributed by atoms with Gasteiger partial charge in [0.25, 0.3) is 0 Å². The minimum Gasteiger partial charge on any atom is -0.420 e. The van der Waals surface area contributed by atoms with E-state index in [1.807, 2.05) is 37.3 Å². The van der Waals surface area contributed by atoms with E-state index in [9.17, 15) is 26.7 Å². The van der Waals surface area contributed by atoms with Gasteiger partial charge < -0.3 is 9.47 Å². The van der Waals surface area contributed by atoms with Crippen LogP contribution in [0.5, 0.6) is 11.5 Å².